The molecule has 1 saturated carbocycles. The van der Waals surface area contributed by atoms with Crippen LogP contribution in [0.15, 0.2) is 29.6 Å². The average Bonchev–Trinajstić information content (AvgIpc) is 2.97. The summed E-state index contributed by atoms with van der Waals surface area (Å²) >= 11 is 1.85. The Labute approximate surface area is 113 Å². The van der Waals surface area contributed by atoms with Gasteiger partial charge in [-0.25, -0.2) is 0 Å². The van der Waals surface area contributed by atoms with Crippen LogP contribution in [0.25, 0.3) is 10.4 Å². The number of hydrogen-bond donors (Lipinski definition) is 1. The Balaban J connectivity index is 1.98. The van der Waals surface area contributed by atoms with Gasteiger partial charge in [-0.1, -0.05) is 29.3 Å². The maximum Gasteiger partial charge on any atom is 0.0345 e. The Morgan fingerprint density at radius 2 is 1.78 bits per heavy atom. The molecule has 3 rings (SSSR count). The SMILES string of the molecule is Cc1cc(C)cc(-c2cc(C3(CN)CC3)cs2)c1. The van der Waals surface area contributed by atoms with Gasteiger partial charge in [0.05, 0.1) is 0 Å². The van der Waals surface area contributed by atoms with Crippen molar-refractivity contribution < 1.29 is 0 Å². The second-order valence-corrected chi connectivity index (χ2v) is 6.47. The molecule has 0 atom stereocenters. The largest absolute Gasteiger partial charge is 0.330 e. The van der Waals surface area contributed by atoms with Crippen LogP contribution in [0.2, 0.25) is 0 Å². The van der Waals surface area contributed by atoms with Crippen LogP contribution in [0.3, 0.4) is 0 Å². The third-order valence-corrected chi connectivity index (χ3v) is 4.94. The van der Waals surface area contributed by atoms with Crippen LogP contribution in [-0.4, -0.2) is 6.54 Å². The maximum absolute atomic E-state index is 5.90. The summed E-state index contributed by atoms with van der Waals surface area (Å²) < 4.78 is 0. The summed E-state index contributed by atoms with van der Waals surface area (Å²) in [5, 5.41) is 2.30. The minimum Gasteiger partial charge on any atom is -0.330 e. The summed E-state index contributed by atoms with van der Waals surface area (Å²) in [6.45, 7) is 5.11. The summed E-state index contributed by atoms with van der Waals surface area (Å²) in [6, 6.07) is 9.11. The van der Waals surface area contributed by atoms with E-state index in [0.29, 0.717) is 5.41 Å². The molecule has 18 heavy (non-hydrogen) atoms. The zero-order valence-corrected chi connectivity index (χ0v) is 11.8. The zero-order chi connectivity index (χ0) is 12.8. The Hall–Kier alpha value is -1.12. The molecule has 0 radical (unpaired) electrons. The Morgan fingerprint density at radius 1 is 1.11 bits per heavy atom. The molecule has 1 aliphatic carbocycles. The Kier molecular flexibility index (Phi) is 2.80. The van der Waals surface area contributed by atoms with Crippen LogP contribution < -0.4 is 5.73 Å². The fraction of sp³-hybridized carbons (Fsp3) is 0.375. The summed E-state index contributed by atoms with van der Waals surface area (Å²) in [4.78, 5) is 1.37. The monoisotopic (exact) mass is 257 g/mol. The molecule has 1 heterocycles. The maximum atomic E-state index is 5.90. The normalized spacial score (nSPS) is 16.8. The summed E-state index contributed by atoms with van der Waals surface area (Å²) in [5.41, 5.74) is 11.7. The van der Waals surface area contributed by atoms with Crippen molar-refractivity contribution in [3.05, 3.63) is 46.3 Å². The molecule has 0 saturated heterocycles. The lowest BCUT2D eigenvalue weighted by Gasteiger charge is -2.08. The summed E-state index contributed by atoms with van der Waals surface area (Å²) in [6.07, 6.45) is 2.51. The predicted molar refractivity (Wildman–Crippen MR) is 79.2 cm³/mol. The van der Waals surface area contributed by atoms with E-state index in [1.165, 1.54) is 40.0 Å². The minimum absolute atomic E-state index is 0.313. The highest BCUT2D eigenvalue weighted by atomic mass is 32.1. The second kappa shape index (κ2) is 4.22. The highest BCUT2D eigenvalue weighted by Crippen LogP contribution is 2.49. The lowest BCUT2D eigenvalue weighted by atomic mass is 9.98. The van der Waals surface area contributed by atoms with Crippen molar-refractivity contribution in [3.63, 3.8) is 0 Å². The van der Waals surface area contributed by atoms with Crippen LogP contribution >= 0.6 is 11.3 Å². The first-order valence-electron chi connectivity index (χ1n) is 6.51. The van der Waals surface area contributed by atoms with Crippen molar-refractivity contribution in [3.8, 4) is 10.4 Å². The van der Waals surface area contributed by atoms with Crippen molar-refractivity contribution in [2.24, 2.45) is 5.73 Å². The first-order chi connectivity index (χ1) is 8.63. The van der Waals surface area contributed by atoms with Gasteiger partial charge in [0.2, 0.25) is 0 Å². The van der Waals surface area contributed by atoms with Gasteiger partial charge in [-0.15, -0.1) is 11.3 Å². The molecule has 0 amide bonds. The second-order valence-electron chi connectivity index (χ2n) is 5.56. The molecule has 0 bridgehead atoms. The molecular formula is C16H19NS. The van der Waals surface area contributed by atoms with Crippen molar-refractivity contribution in [2.45, 2.75) is 32.1 Å². The van der Waals surface area contributed by atoms with E-state index in [0.717, 1.165) is 6.54 Å². The molecule has 1 fully saturated rings. The molecule has 0 aliphatic heterocycles. The molecule has 1 aromatic carbocycles. The van der Waals surface area contributed by atoms with E-state index < -0.39 is 0 Å². The van der Waals surface area contributed by atoms with E-state index in [1.807, 2.05) is 11.3 Å². The summed E-state index contributed by atoms with van der Waals surface area (Å²) in [5.74, 6) is 0. The lowest BCUT2D eigenvalue weighted by Crippen LogP contribution is -2.18. The number of aryl methyl sites for hydroxylation is 2. The Morgan fingerprint density at radius 3 is 2.33 bits per heavy atom. The fourth-order valence-electron chi connectivity index (χ4n) is 2.64. The molecule has 1 aromatic heterocycles. The summed E-state index contributed by atoms with van der Waals surface area (Å²) in [7, 11) is 0. The number of benzene rings is 1. The van der Waals surface area contributed by atoms with Crippen LogP contribution in [0.1, 0.15) is 29.5 Å². The van der Waals surface area contributed by atoms with E-state index in [2.05, 4.69) is 43.5 Å². The van der Waals surface area contributed by atoms with Gasteiger partial charge in [-0.2, -0.15) is 0 Å². The molecule has 0 spiro atoms. The van der Waals surface area contributed by atoms with Gasteiger partial charge in [0.15, 0.2) is 0 Å². The highest BCUT2D eigenvalue weighted by molar-refractivity contribution is 7.13. The van der Waals surface area contributed by atoms with E-state index in [-0.39, 0.29) is 0 Å². The molecule has 1 aliphatic rings. The smallest absolute Gasteiger partial charge is 0.0345 e. The van der Waals surface area contributed by atoms with E-state index in [9.17, 15) is 0 Å². The average molecular weight is 257 g/mol. The molecule has 0 unspecified atom stereocenters. The molecule has 1 nitrogen and oxygen atoms in total. The molecular weight excluding hydrogens is 238 g/mol. The molecule has 2 N–H and O–H groups in total. The first-order valence-corrected chi connectivity index (χ1v) is 7.39. The Bertz CT molecular complexity index is 558. The van der Waals surface area contributed by atoms with Gasteiger partial charge in [-0.05, 0) is 49.3 Å². The van der Waals surface area contributed by atoms with Gasteiger partial charge in [0, 0.05) is 16.8 Å². The van der Waals surface area contributed by atoms with Crippen LogP contribution in [0.5, 0.6) is 0 Å². The predicted octanol–water partition coefficient (Wildman–Crippen LogP) is 4.02. The van der Waals surface area contributed by atoms with Crippen LogP contribution in [-0.2, 0) is 5.41 Å². The standard InChI is InChI=1S/C16H19NS/c1-11-5-12(2)7-13(6-11)15-8-14(9-18-15)16(10-17)3-4-16/h5-9H,3-4,10,17H2,1-2H3. The lowest BCUT2D eigenvalue weighted by molar-refractivity contribution is 0.708. The fourth-order valence-corrected chi connectivity index (χ4v) is 3.67. The van der Waals surface area contributed by atoms with Crippen molar-refractivity contribution >= 4 is 11.3 Å². The van der Waals surface area contributed by atoms with Crippen molar-refractivity contribution in [1.82, 2.24) is 0 Å². The van der Waals surface area contributed by atoms with Crippen molar-refractivity contribution in [2.75, 3.05) is 6.54 Å². The highest BCUT2D eigenvalue weighted by Gasteiger charge is 2.43. The number of thiophene rings is 1. The molecule has 2 aromatic rings. The molecule has 94 valence electrons. The van der Waals surface area contributed by atoms with Crippen molar-refractivity contribution in [1.29, 1.82) is 0 Å². The minimum atomic E-state index is 0.313. The zero-order valence-electron chi connectivity index (χ0n) is 11.0. The van der Waals surface area contributed by atoms with Crippen LogP contribution in [0.4, 0.5) is 0 Å². The van der Waals surface area contributed by atoms with Gasteiger partial charge in [-0.3, -0.25) is 0 Å². The van der Waals surface area contributed by atoms with E-state index in [1.54, 1.807) is 0 Å². The van der Waals surface area contributed by atoms with Gasteiger partial charge in [0.1, 0.15) is 0 Å². The van der Waals surface area contributed by atoms with Crippen LogP contribution in [0, 0.1) is 13.8 Å². The number of rotatable bonds is 3. The van der Waals surface area contributed by atoms with E-state index in [4.69, 9.17) is 5.73 Å². The third-order valence-electron chi connectivity index (χ3n) is 3.96. The quantitative estimate of drug-likeness (QED) is 0.883. The van der Waals surface area contributed by atoms with Gasteiger partial charge < -0.3 is 5.73 Å². The van der Waals surface area contributed by atoms with Gasteiger partial charge in [0.25, 0.3) is 0 Å². The first kappa shape index (κ1) is 11.9. The molecule has 2 heteroatoms. The van der Waals surface area contributed by atoms with E-state index >= 15 is 0 Å². The van der Waals surface area contributed by atoms with Gasteiger partial charge >= 0.3 is 0 Å². The topological polar surface area (TPSA) is 26.0 Å². The third kappa shape index (κ3) is 2.00. The number of nitrogens with two attached hydrogens (primary N) is 1. The number of hydrogen-bond acceptors (Lipinski definition) is 2.